The van der Waals surface area contributed by atoms with Gasteiger partial charge in [-0.15, -0.1) is 0 Å². The Morgan fingerprint density at radius 1 is 1.00 bits per heavy atom. The van der Waals surface area contributed by atoms with Gasteiger partial charge in [0.1, 0.15) is 0 Å². The standard InChI is InChI=1S/C34H38N4O6/c1-7-19-15(3)23-12-25-17(5)21(9-10-29(39)40)32(37-25)22(11-30(41)42)33-31(34(43)44)18(6)26(38-33)14-28-20(8-2)16(4)24(36-28)13-27(19)35-23/h7,12-14,17,21,25,32,36-37H,1,8-11H2,2-6H3,(H,39,40)(H,41,42)(H,43,44)/b23-12-,24-13-,28-14-,33-22-/t17-,21-,25-,32+/m0/s1. The van der Waals surface area contributed by atoms with E-state index in [9.17, 15) is 29.7 Å². The zero-order valence-corrected chi connectivity index (χ0v) is 25.6. The third kappa shape index (κ3) is 5.34. The van der Waals surface area contributed by atoms with E-state index >= 15 is 0 Å². The Labute approximate surface area is 255 Å². The first kappa shape index (κ1) is 30.9. The summed E-state index contributed by atoms with van der Waals surface area (Å²) < 4.78 is 0. The lowest BCUT2D eigenvalue weighted by Crippen LogP contribution is -2.34. The van der Waals surface area contributed by atoms with Crippen LogP contribution in [0.25, 0.3) is 12.2 Å². The number of fused-ring (bicyclic) bond motifs is 6. The number of hydrogen-bond acceptors (Lipinski definition) is 6. The van der Waals surface area contributed by atoms with Gasteiger partial charge in [0.2, 0.25) is 0 Å². The van der Waals surface area contributed by atoms with Crippen LogP contribution in [-0.2, 0) is 20.8 Å². The number of aromatic nitrogens is 1. The van der Waals surface area contributed by atoms with Gasteiger partial charge in [-0.25, -0.2) is 14.8 Å². The maximum atomic E-state index is 12.7. The molecule has 0 aromatic carbocycles. The molecule has 4 aliphatic heterocycles. The lowest BCUT2D eigenvalue weighted by molar-refractivity contribution is -0.138. The van der Waals surface area contributed by atoms with Crippen LogP contribution >= 0.6 is 0 Å². The Balaban J connectivity index is 1.88. The van der Waals surface area contributed by atoms with Gasteiger partial charge < -0.3 is 25.6 Å². The maximum absolute atomic E-state index is 12.7. The molecule has 230 valence electrons. The summed E-state index contributed by atoms with van der Waals surface area (Å²) in [6.45, 7) is 13.8. The van der Waals surface area contributed by atoms with E-state index in [2.05, 4.69) is 16.9 Å². The molecule has 44 heavy (non-hydrogen) atoms. The second kappa shape index (κ2) is 11.8. The minimum atomic E-state index is -1.20. The van der Waals surface area contributed by atoms with E-state index < -0.39 is 30.4 Å². The molecule has 1 fully saturated rings. The van der Waals surface area contributed by atoms with Crippen molar-refractivity contribution in [1.82, 2.24) is 10.3 Å². The topological polar surface area (TPSA) is 164 Å². The fourth-order valence-electron chi connectivity index (χ4n) is 7.01. The zero-order chi connectivity index (χ0) is 32.0. The highest BCUT2D eigenvalue weighted by Gasteiger charge is 2.44. The molecule has 0 radical (unpaired) electrons. The van der Waals surface area contributed by atoms with Gasteiger partial charge in [0.15, 0.2) is 0 Å². The van der Waals surface area contributed by atoms with Gasteiger partial charge in [0.25, 0.3) is 0 Å². The van der Waals surface area contributed by atoms with Crippen molar-refractivity contribution in [1.29, 1.82) is 0 Å². The molecule has 4 atom stereocenters. The minimum Gasteiger partial charge on any atom is -0.481 e. The Morgan fingerprint density at radius 3 is 2.32 bits per heavy atom. The monoisotopic (exact) mass is 598 g/mol. The molecule has 8 bridgehead atoms. The van der Waals surface area contributed by atoms with Crippen LogP contribution in [0.5, 0.6) is 0 Å². The number of nitrogens with zero attached hydrogens (tertiary/aromatic N) is 2. The number of carboxylic acid groups (broad SMARTS) is 3. The highest BCUT2D eigenvalue weighted by Crippen LogP contribution is 2.41. The van der Waals surface area contributed by atoms with Crippen LogP contribution in [0.2, 0.25) is 0 Å². The summed E-state index contributed by atoms with van der Waals surface area (Å²) in [6, 6.07) is -0.920. The van der Waals surface area contributed by atoms with Crippen molar-refractivity contribution >= 4 is 41.5 Å². The van der Waals surface area contributed by atoms with Crippen molar-refractivity contribution in [2.75, 3.05) is 0 Å². The van der Waals surface area contributed by atoms with E-state index in [4.69, 9.17) is 9.98 Å². The van der Waals surface area contributed by atoms with Crippen molar-refractivity contribution in [2.45, 2.75) is 72.4 Å². The van der Waals surface area contributed by atoms with Crippen LogP contribution in [0.15, 0.2) is 68.0 Å². The number of aliphatic carboxylic acids is 3. The van der Waals surface area contributed by atoms with Gasteiger partial charge in [-0.05, 0) is 91.5 Å². The van der Waals surface area contributed by atoms with Crippen molar-refractivity contribution < 1.29 is 29.7 Å². The molecule has 0 aliphatic carbocycles. The first-order chi connectivity index (χ1) is 20.9. The van der Waals surface area contributed by atoms with Crippen LogP contribution in [0, 0.1) is 18.8 Å². The summed E-state index contributed by atoms with van der Waals surface area (Å²) in [4.78, 5) is 49.9. The average Bonchev–Trinajstić information content (AvgIpc) is 3.63. The summed E-state index contributed by atoms with van der Waals surface area (Å²) in [5.41, 5.74) is 6.73. The molecule has 0 saturated carbocycles. The van der Waals surface area contributed by atoms with Gasteiger partial charge in [0.05, 0.1) is 34.8 Å². The minimum absolute atomic E-state index is 0.0443. The van der Waals surface area contributed by atoms with Crippen LogP contribution in [0.4, 0.5) is 0 Å². The second-order valence-electron chi connectivity index (χ2n) is 11.9. The SMILES string of the molecule is C=CC1=C(C)/C2=C/[C@@H]3N[C@@H](/C(CC(=O)O)=C4N=C(/C=c5\[nH]/c(c(C)c5CC)=C\C1=N2)C(C)=C\4C(=O)O)[C@@H](CCC(=O)O)[C@@H]3C. The van der Waals surface area contributed by atoms with Crippen molar-refractivity contribution in [3.8, 4) is 0 Å². The number of nitrogens with one attached hydrogen (secondary N) is 2. The fourth-order valence-corrected chi connectivity index (χ4v) is 7.01. The molecular weight excluding hydrogens is 560 g/mol. The Hall–Kier alpha value is -4.57. The molecule has 1 aromatic heterocycles. The maximum Gasteiger partial charge on any atom is 0.338 e. The molecular formula is C34H38N4O6. The van der Waals surface area contributed by atoms with Crippen molar-refractivity contribution in [3.63, 3.8) is 0 Å². The highest BCUT2D eigenvalue weighted by atomic mass is 16.4. The number of aliphatic imine (C=N–C) groups is 2. The highest BCUT2D eigenvalue weighted by molar-refractivity contribution is 6.26. The number of carbonyl (C=O) groups is 3. The second-order valence-corrected chi connectivity index (χ2v) is 11.9. The van der Waals surface area contributed by atoms with E-state index in [0.29, 0.717) is 23.3 Å². The molecule has 10 nitrogen and oxygen atoms in total. The van der Waals surface area contributed by atoms with Gasteiger partial charge >= 0.3 is 17.9 Å². The van der Waals surface area contributed by atoms with E-state index in [1.165, 1.54) is 0 Å². The number of carboxylic acids is 3. The van der Waals surface area contributed by atoms with Gasteiger partial charge in [-0.1, -0.05) is 26.5 Å². The van der Waals surface area contributed by atoms with E-state index in [-0.39, 0.29) is 42.0 Å². The average molecular weight is 599 g/mol. The largest absolute Gasteiger partial charge is 0.481 e. The van der Waals surface area contributed by atoms with E-state index in [0.717, 1.165) is 44.4 Å². The van der Waals surface area contributed by atoms with Crippen molar-refractivity contribution in [3.05, 3.63) is 79.8 Å². The lowest BCUT2D eigenvalue weighted by atomic mass is 9.80. The van der Waals surface area contributed by atoms with Crippen LogP contribution < -0.4 is 16.0 Å². The quantitative estimate of drug-likeness (QED) is 0.306. The fraction of sp³-hybridized carbons (Fsp3) is 0.382. The normalized spacial score (nSPS) is 28.9. The molecule has 0 spiro atoms. The Morgan fingerprint density at radius 2 is 1.70 bits per heavy atom. The summed E-state index contributed by atoms with van der Waals surface area (Å²) in [7, 11) is 0. The zero-order valence-electron chi connectivity index (χ0n) is 25.6. The third-order valence-corrected chi connectivity index (χ3v) is 9.41. The predicted molar refractivity (Wildman–Crippen MR) is 169 cm³/mol. The molecule has 5 heterocycles. The van der Waals surface area contributed by atoms with Gasteiger partial charge in [-0.3, -0.25) is 9.59 Å². The van der Waals surface area contributed by atoms with Gasteiger partial charge in [0, 0.05) is 34.8 Å². The van der Waals surface area contributed by atoms with Crippen molar-refractivity contribution in [2.24, 2.45) is 21.8 Å². The smallest absolute Gasteiger partial charge is 0.338 e. The summed E-state index contributed by atoms with van der Waals surface area (Å²) >= 11 is 0. The van der Waals surface area contributed by atoms with Crippen LogP contribution in [-0.4, -0.2) is 61.7 Å². The van der Waals surface area contributed by atoms with E-state index in [1.54, 1.807) is 13.0 Å². The third-order valence-electron chi connectivity index (χ3n) is 9.41. The van der Waals surface area contributed by atoms with E-state index in [1.807, 2.05) is 45.9 Å². The molecule has 10 heteroatoms. The van der Waals surface area contributed by atoms with Crippen LogP contribution in [0.1, 0.15) is 58.1 Å². The predicted octanol–water partition coefficient (Wildman–Crippen LogP) is 3.34. The molecule has 5 rings (SSSR count). The van der Waals surface area contributed by atoms with Gasteiger partial charge in [-0.2, -0.15) is 0 Å². The number of hydrogen-bond donors (Lipinski definition) is 5. The molecule has 1 saturated heterocycles. The molecule has 0 unspecified atom stereocenters. The Kier molecular flexibility index (Phi) is 8.31. The molecule has 0 amide bonds. The lowest BCUT2D eigenvalue weighted by Gasteiger charge is -2.25. The Bertz CT molecular complexity index is 1810. The summed E-state index contributed by atoms with van der Waals surface area (Å²) in [6.07, 6.45) is 8.06. The molecule has 4 aliphatic rings. The molecule has 5 N–H and O–H groups in total. The molecule has 1 aromatic rings. The first-order valence-corrected chi connectivity index (χ1v) is 14.9. The number of rotatable bonds is 8. The number of H-pyrrole nitrogens is 1. The summed E-state index contributed by atoms with van der Waals surface area (Å²) in [5, 5.41) is 35.1. The first-order valence-electron chi connectivity index (χ1n) is 14.9. The number of aromatic amines is 1. The number of allylic oxidation sites excluding steroid dienone is 4. The van der Waals surface area contributed by atoms with Crippen LogP contribution in [0.3, 0.4) is 0 Å². The summed E-state index contributed by atoms with van der Waals surface area (Å²) in [5.74, 6) is -3.70.